The minimum atomic E-state index is -2.07. The van der Waals surface area contributed by atoms with Crippen molar-refractivity contribution in [3.05, 3.63) is 98.4 Å². The Kier molecular flexibility index (Phi) is 9.95. The highest BCUT2D eigenvalue weighted by Gasteiger charge is 2.37. The molecule has 0 aliphatic rings. The molecular formula is C32H37FN8O7Si. The number of benzene rings is 2. The van der Waals surface area contributed by atoms with E-state index in [9.17, 15) is 14.9 Å². The first-order valence-corrected chi connectivity index (χ1v) is 18.2. The van der Waals surface area contributed by atoms with Gasteiger partial charge in [0.2, 0.25) is 17.5 Å². The number of aryl methyl sites for hydroxylation is 1. The summed E-state index contributed by atoms with van der Waals surface area (Å²) in [6, 6.07) is 11.2. The number of nitrogens with one attached hydrogen (secondary N) is 2. The second-order valence-corrected chi connectivity index (χ2v) is 17.4. The molecule has 0 bridgehead atoms. The lowest BCUT2D eigenvalue weighted by Gasteiger charge is -2.36. The van der Waals surface area contributed by atoms with Gasteiger partial charge in [0, 0.05) is 42.1 Å². The van der Waals surface area contributed by atoms with Gasteiger partial charge in [0.25, 0.3) is 0 Å². The van der Waals surface area contributed by atoms with Crippen LogP contribution in [0.2, 0.25) is 18.1 Å². The Balaban J connectivity index is 1.54. The van der Waals surface area contributed by atoms with E-state index in [1.807, 2.05) is 0 Å². The number of H-pyrrole nitrogens is 1. The Labute approximate surface area is 281 Å². The molecule has 0 aliphatic heterocycles. The lowest BCUT2D eigenvalue weighted by Crippen LogP contribution is -2.41. The average molecular weight is 693 g/mol. The molecule has 0 aliphatic carbocycles. The standard InChI is InChI=1S/C32H37FN8O7Si/c1-19-35-28(39-48-19)20-10-12-21(13-11-20)36-27(29-37-31(42)40(38-29)30-24(41(43)44)9-8-14-34-30)23-17-22(45-5)18-25(26(23)33)46-15-16-47-49(6,7)32(2,3)4/h8-14,17-18,27,36H,15-16H2,1-7H3,(H,37,38,42). The normalized spacial score (nSPS) is 12.5. The molecule has 0 radical (unpaired) electrons. The predicted molar refractivity (Wildman–Crippen MR) is 180 cm³/mol. The first kappa shape index (κ1) is 34.9. The number of aromatic amines is 1. The lowest BCUT2D eigenvalue weighted by atomic mass is 10.0. The summed E-state index contributed by atoms with van der Waals surface area (Å²) in [5.74, 6) is -0.165. The molecule has 15 nitrogen and oxygen atoms in total. The first-order valence-electron chi connectivity index (χ1n) is 15.3. The van der Waals surface area contributed by atoms with Gasteiger partial charge in [-0.05, 0) is 54.5 Å². The molecule has 258 valence electrons. The molecule has 2 N–H and O–H groups in total. The van der Waals surface area contributed by atoms with Gasteiger partial charge < -0.3 is 23.7 Å². The van der Waals surface area contributed by atoms with Gasteiger partial charge in [-0.2, -0.15) is 9.67 Å². The average Bonchev–Trinajstić information content (AvgIpc) is 3.67. The van der Waals surface area contributed by atoms with E-state index in [1.165, 1.54) is 37.6 Å². The fourth-order valence-corrected chi connectivity index (χ4v) is 5.62. The van der Waals surface area contributed by atoms with Gasteiger partial charge in [0.1, 0.15) is 18.4 Å². The van der Waals surface area contributed by atoms with Crippen LogP contribution < -0.4 is 20.5 Å². The first-order chi connectivity index (χ1) is 23.2. The lowest BCUT2D eigenvalue weighted by molar-refractivity contribution is -0.385. The van der Waals surface area contributed by atoms with E-state index in [0.717, 1.165) is 4.68 Å². The molecule has 1 atom stereocenters. The minimum absolute atomic E-state index is 0.00829. The molecule has 2 aromatic carbocycles. The van der Waals surface area contributed by atoms with Crippen molar-refractivity contribution < 1.29 is 27.7 Å². The summed E-state index contributed by atoms with van der Waals surface area (Å²) in [5, 5.41) is 23.2. The number of pyridine rings is 1. The van der Waals surface area contributed by atoms with Crippen LogP contribution in [0.1, 0.15) is 44.1 Å². The number of anilines is 1. The van der Waals surface area contributed by atoms with Gasteiger partial charge in [-0.3, -0.25) is 15.1 Å². The predicted octanol–water partition coefficient (Wildman–Crippen LogP) is 5.97. The van der Waals surface area contributed by atoms with E-state index in [1.54, 1.807) is 31.2 Å². The summed E-state index contributed by atoms with van der Waals surface area (Å²) in [4.78, 5) is 35.1. The van der Waals surface area contributed by atoms with Crippen molar-refractivity contribution in [2.75, 3.05) is 25.6 Å². The number of halogens is 1. The molecular weight excluding hydrogens is 655 g/mol. The quantitative estimate of drug-likeness (QED) is 0.0638. The molecule has 0 saturated carbocycles. The molecule has 3 heterocycles. The van der Waals surface area contributed by atoms with Gasteiger partial charge in [-0.1, -0.05) is 25.9 Å². The highest BCUT2D eigenvalue weighted by Crippen LogP contribution is 2.37. The number of aromatic nitrogens is 6. The van der Waals surface area contributed by atoms with Crippen molar-refractivity contribution in [2.45, 2.75) is 51.9 Å². The van der Waals surface area contributed by atoms with Crippen molar-refractivity contribution in [1.82, 2.24) is 29.9 Å². The third-order valence-corrected chi connectivity index (χ3v) is 12.8. The molecule has 17 heteroatoms. The van der Waals surface area contributed by atoms with Crippen LogP contribution in [0, 0.1) is 22.9 Å². The van der Waals surface area contributed by atoms with Gasteiger partial charge in [-0.25, -0.2) is 14.2 Å². The van der Waals surface area contributed by atoms with E-state index >= 15 is 4.39 Å². The van der Waals surface area contributed by atoms with Gasteiger partial charge >= 0.3 is 11.4 Å². The Hall–Kier alpha value is -5.42. The zero-order valence-corrected chi connectivity index (χ0v) is 29.1. The summed E-state index contributed by atoms with van der Waals surface area (Å²) in [5.41, 5.74) is -0.0894. The summed E-state index contributed by atoms with van der Waals surface area (Å²) >= 11 is 0. The Morgan fingerprint density at radius 1 is 1.16 bits per heavy atom. The zero-order valence-electron chi connectivity index (χ0n) is 28.1. The Bertz CT molecular complexity index is 2000. The smallest absolute Gasteiger partial charge is 0.349 e. The van der Waals surface area contributed by atoms with E-state index in [-0.39, 0.29) is 47.0 Å². The van der Waals surface area contributed by atoms with Gasteiger partial charge in [-0.15, -0.1) is 5.10 Å². The number of methoxy groups -OCH3 is 1. The summed E-state index contributed by atoms with van der Waals surface area (Å²) in [6.45, 7) is 12.6. The largest absolute Gasteiger partial charge is 0.497 e. The molecule has 3 aromatic heterocycles. The van der Waals surface area contributed by atoms with Crippen molar-refractivity contribution in [3.63, 3.8) is 0 Å². The summed E-state index contributed by atoms with van der Waals surface area (Å²) < 4.78 is 39.9. The van der Waals surface area contributed by atoms with Crippen molar-refractivity contribution in [2.24, 2.45) is 0 Å². The highest BCUT2D eigenvalue weighted by atomic mass is 28.4. The number of nitro groups is 1. The van der Waals surface area contributed by atoms with E-state index in [4.69, 9.17) is 18.4 Å². The van der Waals surface area contributed by atoms with E-state index in [0.29, 0.717) is 23.0 Å². The Morgan fingerprint density at radius 2 is 1.90 bits per heavy atom. The maximum Gasteiger partial charge on any atom is 0.349 e. The third-order valence-electron chi connectivity index (χ3n) is 8.25. The topological polar surface area (TPSA) is 185 Å². The molecule has 0 saturated heterocycles. The SMILES string of the molecule is COc1cc(OCCO[Si](C)(C)C(C)(C)C)c(F)c(C(Nc2ccc(-c3noc(C)n3)cc2)c2nn(-c3ncccc3[N+](=O)[O-])c(=O)[nH]2)c1. The Morgan fingerprint density at radius 3 is 2.53 bits per heavy atom. The van der Waals surface area contributed by atoms with Crippen molar-refractivity contribution in [1.29, 1.82) is 0 Å². The number of rotatable bonds is 13. The highest BCUT2D eigenvalue weighted by molar-refractivity contribution is 6.74. The maximum atomic E-state index is 16.5. The van der Waals surface area contributed by atoms with Crippen LogP contribution in [0.25, 0.3) is 17.2 Å². The van der Waals surface area contributed by atoms with E-state index < -0.39 is 36.5 Å². The van der Waals surface area contributed by atoms with Crippen LogP contribution in [0.3, 0.4) is 0 Å². The summed E-state index contributed by atoms with van der Waals surface area (Å²) in [7, 11) is -0.641. The van der Waals surface area contributed by atoms with Crippen LogP contribution >= 0.6 is 0 Å². The molecule has 0 fully saturated rings. The maximum absolute atomic E-state index is 16.5. The molecule has 49 heavy (non-hydrogen) atoms. The number of nitrogens with zero attached hydrogens (tertiary/aromatic N) is 6. The molecule has 0 spiro atoms. The van der Waals surface area contributed by atoms with Crippen molar-refractivity contribution >= 4 is 19.7 Å². The minimum Gasteiger partial charge on any atom is -0.497 e. The second kappa shape index (κ2) is 14.0. The fraction of sp³-hybridized carbons (Fsp3) is 0.344. The molecule has 0 amide bonds. The van der Waals surface area contributed by atoms with Crippen molar-refractivity contribution in [3.8, 4) is 28.7 Å². The third kappa shape index (κ3) is 7.67. The van der Waals surface area contributed by atoms with E-state index in [2.05, 4.69) is 64.4 Å². The zero-order chi connectivity index (χ0) is 35.5. The summed E-state index contributed by atoms with van der Waals surface area (Å²) in [6.07, 6.45) is 1.30. The van der Waals surface area contributed by atoms with Crippen LogP contribution in [-0.2, 0) is 4.43 Å². The van der Waals surface area contributed by atoms with Gasteiger partial charge in [0.15, 0.2) is 25.7 Å². The van der Waals surface area contributed by atoms with Crippen LogP contribution in [-0.4, -0.2) is 63.5 Å². The van der Waals surface area contributed by atoms with Crippen LogP contribution in [0.5, 0.6) is 11.5 Å². The molecule has 5 aromatic rings. The van der Waals surface area contributed by atoms with Gasteiger partial charge in [0.05, 0.1) is 18.6 Å². The molecule has 5 rings (SSSR count). The second-order valence-electron chi connectivity index (χ2n) is 12.6. The number of hydrogen-bond donors (Lipinski definition) is 2. The fourth-order valence-electron chi connectivity index (χ4n) is 4.59. The van der Waals surface area contributed by atoms with Crippen LogP contribution in [0.15, 0.2) is 64.0 Å². The van der Waals surface area contributed by atoms with Crippen LogP contribution in [0.4, 0.5) is 15.8 Å². The molecule has 1 unspecified atom stereocenters. The number of hydrogen-bond acceptors (Lipinski definition) is 12. The monoisotopic (exact) mass is 692 g/mol. The number of ether oxygens (including phenoxy) is 2.